The smallest absolute Gasteiger partial charge is 0.122 e. The van der Waals surface area contributed by atoms with E-state index in [9.17, 15) is 0 Å². The number of ether oxygens (including phenoxy) is 3. The molecule has 0 spiro atoms. The molecule has 6 heteroatoms. The number of H-pyrrole nitrogens is 1. The van der Waals surface area contributed by atoms with Gasteiger partial charge < -0.3 is 24.5 Å². The number of rotatable bonds is 11. The van der Waals surface area contributed by atoms with Crippen LogP contribution in [0, 0.1) is 13.8 Å². The molecule has 0 aliphatic heterocycles. The van der Waals surface area contributed by atoms with Gasteiger partial charge in [-0.1, -0.05) is 40.7 Å². The monoisotopic (exact) mass is 543 g/mol. The molecule has 0 amide bonds. The van der Waals surface area contributed by atoms with E-state index >= 15 is 0 Å². The first-order valence-corrected chi connectivity index (χ1v) is 14.5. The van der Waals surface area contributed by atoms with E-state index in [0.29, 0.717) is 18.7 Å². The molecule has 0 saturated heterocycles. The minimum Gasteiger partial charge on any atom is -0.497 e. The Morgan fingerprint density at radius 3 is 2.10 bits per heavy atom. The van der Waals surface area contributed by atoms with E-state index in [0.717, 1.165) is 41.2 Å². The maximum Gasteiger partial charge on any atom is 0.122 e. The third-order valence-electron chi connectivity index (χ3n) is 6.84. The molecule has 0 bridgehead atoms. The summed E-state index contributed by atoms with van der Waals surface area (Å²) < 4.78 is 15.6. The summed E-state index contributed by atoms with van der Waals surface area (Å²) in [6.07, 6.45) is 1.17. The van der Waals surface area contributed by atoms with E-state index in [-0.39, 0.29) is 0 Å². The van der Waals surface area contributed by atoms with Crippen LogP contribution in [-0.2, 0) is 17.9 Å². The Kier molecular flexibility index (Phi) is 19.0. The molecule has 0 aliphatic rings. The van der Waals surface area contributed by atoms with E-state index in [1.165, 1.54) is 23.1 Å². The second-order valence-corrected chi connectivity index (χ2v) is 9.20. The third kappa shape index (κ3) is 11.6. The molecule has 3 aromatic rings. The van der Waals surface area contributed by atoms with E-state index in [2.05, 4.69) is 68.0 Å². The number of nitrogens with zero attached hydrogens (tertiary/aromatic N) is 1. The Morgan fingerprint density at radius 1 is 0.897 bits per heavy atom. The molecule has 222 valence electrons. The number of hydrogen-bond acceptors (Lipinski definition) is 5. The van der Waals surface area contributed by atoms with Gasteiger partial charge in [-0.3, -0.25) is 4.90 Å². The zero-order valence-electron chi connectivity index (χ0n) is 27.1. The average molecular weight is 544 g/mol. The molecule has 2 N–H and O–H groups in total. The van der Waals surface area contributed by atoms with Crippen molar-refractivity contribution < 1.29 is 14.2 Å². The highest BCUT2D eigenvalue weighted by atomic mass is 16.5. The lowest BCUT2D eigenvalue weighted by Crippen LogP contribution is -2.37. The third-order valence-corrected chi connectivity index (χ3v) is 6.84. The van der Waals surface area contributed by atoms with Gasteiger partial charge >= 0.3 is 0 Å². The van der Waals surface area contributed by atoms with Gasteiger partial charge in [-0.05, 0) is 94.7 Å². The predicted molar refractivity (Wildman–Crippen MR) is 169 cm³/mol. The highest BCUT2D eigenvalue weighted by molar-refractivity contribution is 5.81. The lowest BCUT2D eigenvalue weighted by molar-refractivity contribution is 0.182. The van der Waals surface area contributed by atoms with E-state index < -0.39 is 0 Å². The number of benzene rings is 2. The molecule has 6 nitrogen and oxygen atoms in total. The van der Waals surface area contributed by atoms with Crippen LogP contribution in [0.1, 0.15) is 77.3 Å². The van der Waals surface area contributed by atoms with Crippen molar-refractivity contribution in [1.29, 1.82) is 0 Å². The van der Waals surface area contributed by atoms with Crippen LogP contribution < -0.4 is 14.8 Å². The van der Waals surface area contributed by atoms with Gasteiger partial charge in [-0.15, -0.1) is 0 Å². The molecule has 2 atom stereocenters. The summed E-state index contributed by atoms with van der Waals surface area (Å²) in [6.45, 7) is 21.8. The largest absolute Gasteiger partial charge is 0.497 e. The van der Waals surface area contributed by atoms with Crippen LogP contribution in [0.5, 0.6) is 11.5 Å². The van der Waals surface area contributed by atoms with Crippen molar-refractivity contribution in [3.05, 3.63) is 58.8 Å². The van der Waals surface area contributed by atoms with Gasteiger partial charge in [0.05, 0.1) is 20.8 Å². The van der Waals surface area contributed by atoms with Crippen molar-refractivity contribution in [2.45, 2.75) is 94.0 Å². The summed E-state index contributed by atoms with van der Waals surface area (Å²) in [5.74, 6) is 1.86. The molecule has 1 heterocycles. The maximum absolute atomic E-state index is 5.40. The van der Waals surface area contributed by atoms with Gasteiger partial charge in [0.25, 0.3) is 0 Å². The second-order valence-electron chi connectivity index (χ2n) is 9.20. The molecule has 0 fully saturated rings. The van der Waals surface area contributed by atoms with Crippen LogP contribution in [0.4, 0.5) is 0 Å². The van der Waals surface area contributed by atoms with Gasteiger partial charge in [-0.2, -0.15) is 0 Å². The predicted octanol–water partition coefficient (Wildman–Crippen LogP) is 7.90. The molecule has 0 radical (unpaired) electrons. The highest BCUT2D eigenvalue weighted by Gasteiger charge is 2.17. The Balaban J connectivity index is 0.000000692. The number of fused-ring (bicyclic) bond motifs is 1. The average Bonchev–Trinajstić information content (AvgIpc) is 3.38. The Labute approximate surface area is 239 Å². The summed E-state index contributed by atoms with van der Waals surface area (Å²) >= 11 is 0. The lowest BCUT2D eigenvalue weighted by Gasteiger charge is -2.30. The number of hydrogen-bond donors (Lipinski definition) is 2. The lowest BCUT2D eigenvalue weighted by atomic mass is 10.0. The second kappa shape index (κ2) is 20.4. The van der Waals surface area contributed by atoms with Crippen LogP contribution in [-0.4, -0.2) is 56.9 Å². The van der Waals surface area contributed by atoms with Crippen LogP contribution >= 0.6 is 0 Å². The fraction of sp³-hybridized carbons (Fsp3) is 0.576. The first-order valence-electron chi connectivity index (χ1n) is 14.5. The fourth-order valence-electron chi connectivity index (χ4n) is 4.35. The van der Waals surface area contributed by atoms with Crippen molar-refractivity contribution in [1.82, 2.24) is 15.2 Å². The van der Waals surface area contributed by atoms with Gasteiger partial charge in [0.2, 0.25) is 0 Å². The number of methoxy groups -OCH3 is 3. The van der Waals surface area contributed by atoms with Gasteiger partial charge in [0.15, 0.2) is 0 Å². The Morgan fingerprint density at radius 2 is 1.56 bits per heavy atom. The van der Waals surface area contributed by atoms with E-state index in [1.54, 1.807) is 21.3 Å². The zero-order chi connectivity index (χ0) is 30.0. The Bertz CT molecular complexity index is 1050. The molecular formula is C33H57N3O3. The first-order chi connectivity index (χ1) is 18.8. The van der Waals surface area contributed by atoms with Gasteiger partial charge in [0.1, 0.15) is 11.5 Å². The van der Waals surface area contributed by atoms with Crippen LogP contribution in [0.3, 0.4) is 0 Å². The van der Waals surface area contributed by atoms with Crippen LogP contribution in [0.2, 0.25) is 0 Å². The SMILES string of the molecule is CC.CC.CCN(Cc1ccc(OC)c(C)c1C)C(C)CC(C)NC.COCc1cc2cc(OC)ccc2[nH]1. The van der Waals surface area contributed by atoms with Crippen molar-refractivity contribution in [3.63, 3.8) is 0 Å². The summed E-state index contributed by atoms with van der Waals surface area (Å²) in [7, 11) is 7.13. The number of aromatic nitrogens is 1. The molecule has 1 aromatic heterocycles. The molecule has 0 aliphatic carbocycles. The number of aromatic amines is 1. The molecule has 0 saturated carbocycles. The van der Waals surface area contributed by atoms with Crippen molar-refractivity contribution in [2.24, 2.45) is 0 Å². The zero-order valence-corrected chi connectivity index (χ0v) is 27.1. The quantitative estimate of drug-likeness (QED) is 0.257. The summed E-state index contributed by atoms with van der Waals surface area (Å²) in [5.41, 5.74) is 6.19. The Hall–Kier alpha value is -2.54. The van der Waals surface area contributed by atoms with Gasteiger partial charge in [-0.25, -0.2) is 0 Å². The van der Waals surface area contributed by atoms with Crippen LogP contribution in [0.25, 0.3) is 10.9 Å². The molecule has 2 aromatic carbocycles. The van der Waals surface area contributed by atoms with Gasteiger partial charge in [0, 0.05) is 42.3 Å². The number of nitrogens with one attached hydrogen (secondary N) is 2. The molecule has 2 unspecified atom stereocenters. The summed E-state index contributed by atoms with van der Waals surface area (Å²) in [4.78, 5) is 5.81. The summed E-state index contributed by atoms with van der Waals surface area (Å²) in [6, 6.07) is 13.4. The molecule has 39 heavy (non-hydrogen) atoms. The van der Waals surface area contributed by atoms with Crippen molar-refractivity contribution in [2.75, 3.05) is 34.9 Å². The maximum atomic E-state index is 5.40. The summed E-state index contributed by atoms with van der Waals surface area (Å²) in [5, 5.41) is 4.48. The fourth-order valence-corrected chi connectivity index (χ4v) is 4.35. The van der Waals surface area contributed by atoms with Crippen molar-refractivity contribution >= 4 is 10.9 Å². The van der Waals surface area contributed by atoms with E-state index in [4.69, 9.17) is 14.2 Å². The standard InChI is InChI=1S/C18H32N2O.C11H13NO2.2C2H6/c1-8-20(14(3)11-13(2)19-6)12-17-9-10-18(21-7)16(5)15(17)4;1-13-7-9-5-8-6-10(14-2)3-4-11(8)12-9;2*1-2/h9-10,13-14,19H,8,11-12H2,1-7H3;3-6,12H,7H2,1-2H3;2*1-2H3. The van der Waals surface area contributed by atoms with Crippen molar-refractivity contribution in [3.8, 4) is 11.5 Å². The highest BCUT2D eigenvalue weighted by Crippen LogP contribution is 2.25. The first kappa shape index (κ1) is 36.5. The normalized spacial score (nSPS) is 11.8. The minimum atomic E-state index is 0.549. The minimum absolute atomic E-state index is 0.549. The molecular weight excluding hydrogens is 486 g/mol. The van der Waals surface area contributed by atoms with E-state index in [1.807, 2.05) is 52.9 Å². The molecule has 3 rings (SSSR count). The topological polar surface area (TPSA) is 58.8 Å². The van der Waals surface area contributed by atoms with Crippen LogP contribution in [0.15, 0.2) is 36.4 Å².